The lowest BCUT2D eigenvalue weighted by Crippen LogP contribution is -2.35. The Balaban J connectivity index is 1.78. The molecule has 12 heteroatoms. The molecule has 29 heavy (non-hydrogen) atoms. The van der Waals surface area contributed by atoms with Crippen LogP contribution in [0.3, 0.4) is 0 Å². The van der Waals surface area contributed by atoms with Crippen molar-refractivity contribution in [1.29, 1.82) is 0 Å². The van der Waals surface area contributed by atoms with Gasteiger partial charge in [0.2, 0.25) is 15.9 Å². The summed E-state index contributed by atoms with van der Waals surface area (Å²) in [6, 6.07) is 4.36. The van der Waals surface area contributed by atoms with Gasteiger partial charge in [-0.2, -0.15) is 9.40 Å². The van der Waals surface area contributed by atoms with Gasteiger partial charge in [-0.3, -0.25) is 19.6 Å². The van der Waals surface area contributed by atoms with Gasteiger partial charge in [0.05, 0.1) is 12.0 Å². The molecule has 1 aromatic heterocycles. The van der Waals surface area contributed by atoms with Crippen molar-refractivity contribution in [3.63, 3.8) is 0 Å². The maximum absolute atomic E-state index is 13.0. The highest BCUT2D eigenvalue weighted by Gasteiger charge is 2.29. The largest absolute Gasteiger partial charge is 0.495 e. The molecule has 0 unspecified atom stereocenters. The average Bonchev–Trinajstić information content (AvgIpc) is 3.17. The van der Waals surface area contributed by atoms with Crippen molar-refractivity contribution in [2.75, 3.05) is 25.5 Å². The van der Waals surface area contributed by atoms with Crippen LogP contribution >= 0.6 is 0 Å². The number of sulfonamides is 1. The molecule has 0 saturated carbocycles. The fraction of sp³-hybridized carbons (Fsp3) is 0.412. The van der Waals surface area contributed by atoms with E-state index in [9.17, 15) is 23.3 Å². The number of carbonyl (C=O) groups is 1. The van der Waals surface area contributed by atoms with Crippen molar-refractivity contribution in [3.8, 4) is 5.75 Å². The number of aromatic nitrogens is 2. The van der Waals surface area contributed by atoms with Crippen molar-refractivity contribution in [2.24, 2.45) is 0 Å². The van der Waals surface area contributed by atoms with Gasteiger partial charge in [0, 0.05) is 18.8 Å². The van der Waals surface area contributed by atoms with Crippen LogP contribution in [0.1, 0.15) is 19.3 Å². The van der Waals surface area contributed by atoms with E-state index >= 15 is 0 Å². The predicted molar refractivity (Wildman–Crippen MR) is 103 cm³/mol. The van der Waals surface area contributed by atoms with Gasteiger partial charge in [0.25, 0.3) is 0 Å². The molecule has 1 aromatic carbocycles. The Hall–Kier alpha value is -2.99. The lowest BCUT2D eigenvalue weighted by atomic mass is 10.2. The summed E-state index contributed by atoms with van der Waals surface area (Å²) >= 11 is 0. The first kappa shape index (κ1) is 20.7. The third-order valence-electron chi connectivity index (χ3n) is 4.52. The molecule has 1 fully saturated rings. The summed E-state index contributed by atoms with van der Waals surface area (Å²) in [6.45, 7) is 0.633. The van der Waals surface area contributed by atoms with Crippen molar-refractivity contribution in [1.82, 2.24) is 14.1 Å². The molecule has 3 rings (SSSR count). The smallest absolute Gasteiger partial charge is 0.307 e. The lowest BCUT2D eigenvalue weighted by Gasteiger charge is -2.26. The van der Waals surface area contributed by atoms with E-state index in [-0.39, 0.29) is 28.6 Å². The van der Waals surface area contributed by atoms with Gasteiger partial charge in [0.15, 0.2) is 0 Å². The summed E-state index contributed by atoms with van der Waals surface area (Å²) in [5.74, 6) is -0.314. The van der Waals surface area contributed by atoms with E-state index in [1.54, 1.807) is 0 Å². The number of ether oxygens (including phenoxy) is 1. The molecule has 0 bridgehead atoms. The number of nitrogens with zero attached hydrogens (tertiary/aromatic N) is 4. The lowest BCUT2D eigenvalue weighted by molar-refractivity contribution is -0.385. The van der Waals surface area contributed by atoms with E-state index in [1.165, 1.54) is 29.6 Å². The number of anilines is 1. The number of amides is 1. The SMILES string of the molecule is COc1ccc(NC(=O)Cn2cc([N+](=O)[O-])cn2)cc1S(=O)(=O)N1CCCCC1. The summed E-state index contributed by atoms with van der Waals surface area (Å²) in [6.07, 6.45) is 4.77. The number of hydrogen-bond acceptors (Lipinski definition) is 7. The summed E-state index contributed by atoms with van der Waals surface area (Å²) in [5, 5.41) is 17.0. The quantitative estimate of drug-likeness (QED) is 0.528. The highest BCUT2D eigenvalue weighted by Crippen LogP contribution is 2.31. The normalized spacial score (nSPS) is 15.1. The van der Waals surface area contributed by atoms with Gasteiger partial charge in [0.1, 0.15) is 29.6 Å². The zero-order chi connectivity index (χ0) is 21.0. The van der Waals surface area contributed by atoms with Crippen LogP contribution < -0.4 is 10.1 Å². The topological polar surface area (TPSA) is 137 Å². The second-order valence-corrected chi connectivity index (χ2v) is 8.44. The molecule has 1 saturated heterocycles. The van der Waals surface area contributed by atoms with Crippen molar-refractivity contribution < 1.29 is 22.9 Å². The van der Waals surface area contributed by atoms with E-state index in [4.69, 9.17) is 4.74 Å². The average molecular weight is 423 g/mol. The monoisotopic (exact) mass is 423 g/mol. The minimum Gasteiger partial charge on any atom is -0.495 e. The van der Waals surface area contributed by atoms with Crippen molar-refractivity contribution >= 4 is 27.3 Å². The van der Waals surface area contributed by atoms with Crippen molar-refractivity contribution in [2.45, 2.75) is 30.7 Å². The van der Waals surface area contributed by atoms with Gasteiger partial charge < -0.3 is 10.1 Å². The molecular weight excluding hydrogens is 402 g/mol. The van der Waals surface area contributed by atoms with E-state index < -0.39 is 20.9 Å². The zero-order valence-electron chi connectivity index (χ0n) is 15.8. The summed E-state index contributed by atoms with van der Waals surface area (Å²) in [4.78, 5) is 22.3. The van der Waals surface area contributed by atoms with Gasteiger partial charge in [-0.1, -0.05) is 6.42 Å². The summed E-state index contributed by atoms with van der Waals surface area (Å²) < 4.78 is 33.8. The van der Waals surface area contributed by atoms with Crippen LogP contribution in [0.25, 0.3) is 0 Å². The molecule has 0 atom stereocenters. The zero-order valence-corrected chi connectivity index (χ0v) is 16.6. The van der Waals surface area contributed by atoms with Gasteiger partial charge >= 0.3 is 5.69 Å². The summed E-state index contributed by atoms with van der Waals surface area (Å²) in [5.41, 5.74) is 0.0465. The Morgan fingerprint density at radius 2 is 2.03 bits per heavy atom. The fourth-order valence-electron chi connectivity index (χ4n) is 3.08. The minimum atomic E-state index is -3.76. The van der Waals surface area contributed by atoms with Gasteiger partial charge in [-0.25, -0.2) is 8.42 Å². The first-order valence-corrected chi connectivity index (χ1v) is 10.4. The molecule has 0 radical (unpaired) electrons. The van der Waals surface area contributed by atoms with Crippen molar-refractivity contribution in [3.05, 3.63) is 40.7 Å². The molecule has 0 aliphatic carbocycles. The second-order valence-electron chi connectivity index (χ2n) is 6.53. The molecule has 1 amide bonds. The number of hydrogen-bond donors (Lipinski definition) is 1. The number of carbonyl (C=O) groups excluding carboxylic acids is 1. The molecule has 1 aliphatic heterocycles. The molecule has 11 nitrogen and oxygen atoms in total. The fourth-order valence-corrected chi connectivity index (χ4v) is 4.78. The van der Waals surface area contributed by atoms with Gasteiger partial charge in [-0.15, -0.1) is 0 Å². The number of benzene rings is 1. The van der Waals surface area contributed by atoms with Crippen LogP contribution in [-0.2, 0) is 21.4 Å². The number of methoxy groups -OCH3 is 1. The third kappa shape index (κ3) is 4.71. The Morgan fingerprint density at radius 1 is 1.31 bits per heavy atom. The van der Waals surface area contributed by atoms with Crippen LogP contribution in [0.15, 0.2) is 35.5 Å². The van der Waals surface area contributed by atoms with E-state index in [1.807, 2.05) is 0 Å². The highest BCUT2D eigenvalue weighted by molar-refractivity contribution is 7.89. The highest BCUT2D eigenvalue weighted by atomic mass is 32.2. The third-order valence-corrected chi connectivity index (χ3v) is 6.44. The molecule has 2 aromatic rings. The van der Waals surface area contributed by atoms with Crippen LogP contribution in [-0.4, -0.2) is 53.5 Å². The van der Waals surface area contributed by atoms with E-state index in [0.29, 0.717) is 13.1 Å². The first-order chi connectivity index (χ1) is 13.8. The standard InChI is InChI=1S/C17H21N5O6S/c1-28-15-6-5-13(9-16(15)29(26,27)21-7-3-2-4-8-21)19-17(23)12-20-11-14(10-18-20)22(24)25/h5-6,9-11H,2-4,7-8,12H2,1H3,(H,19,23). The number of nitro groups is 1. The maximum atomic E-state index is 13.0. The van der Waals surface area contributed by atoms with Crippen LogP contribution in [0.4, 0.5) is 11.4 Å². The molecule has 2 heterocycles. The Kier molecular flexibility index (Phi) is 6.13. The minimum absolute atomic E-state index is 0.0190. The van der Waals surface area contributed by atoms with E-state index in [0.717, 1.165) is 36.3 Å². The molecule has 0 spiro atoms. The Morgan fingerprint density at radius 3 is 2.66 bits per heavy atom. The molecule has 1 N–H and O–H groups in total. The number of piperidine rings is 1. The van der Waals surface area contributed by atoms with Crippen LogP contribution in [0.2, 0.25) is 0 Å². The van der Waals surface area contributed by atoms with Crippen LogP contribution in [0.5, 0.6) is 5.75 Å². The number of rotatable bonds is 7. The molecule has 1 aliphatic rings. The molecule has 156 valence electrons. The second kappa shape index (κ2) is 8.57. The van der Waals surface area contributed by atoms with Crippen LogP contribution in [0, 0.1) is 10.1 Å². The number of nitrogens with one attached hydrogen (secondary N) is 1. The summed E-state index contributed by atoms with van der Waals surface area (Å²) in [7, 11) is -2.38. The predicted octanol–water partition coefficient (Wildman–Crippen LogP) is 1.61. The molecular formula is C17H21N5O6S. The maximum Gasteiger partial charge on any atom is 0.307 e. The Labute approximate surface area is 167 Å². The van der Waals surface area contributed by atoms with E-state index in [2.05, 4.69) is 10.4 Å². The Bertz CT molecular complexity index is 1010. The van der Waals surface area contributed by atoms with Gasteiger partial charge in [-0.05, 0) is 31.0 Å². The first-order valence-electron chi connectivity index (χ1n) is 8.96.